The molecule has 0 saturated carbocycles. The fourth-order valence-electron chi connectivity index (χ4n) is 4.12. The summed E-state index contributed by atoms with van der Waals surface area (Å²) >= 11 is 0. The molecule has 1 aliphatic rings. The summed E-state index contributed by atoms with van der Waals surface area (Å²) in [7, 11) is 0. The Kier molecular flexibility index (Phi) is 7.46. The van der Waals surface area contributed by atoms with Crippen LogP contribution in [0.4, 0.5) is 22.0 Å². The fraction of sp³-hybridized carbons (Fsp3) is 0.320. The quantitative estimate of drug-likeness (QED) is 0.497. The second-order valence-corrected chi connectivity index (χ2v) is 8.76. The number of rotatable bonds is 6. The monoisotopic (exact) mass is 519 g/mol. The van der Waals surface area contributed by atoms with E-state index in [-0.39, 0.29) is 47.7 Å². The summed E-state index contributed by atoms with van der Waals surface area (Å²) in [5.41, 5.74) is 4.70. The Bertz CT molecular complexity index is 1330. The van der Waals surface area contributed by atoms with Crippen LogP contribution in [0.1, 0.15) is 40.2 Å². The second-order valence-electron chi connectivity index (χ2n) is 8.76. The summed E-state index contributed by atoms with van der Waals surface area (Å²) < 4.78 is 67.1. The Morgan fingerprint density at radius 1 is 1.05 bits per heavy atom. The molecule has 1 aromatic carbocycles. The number of halogens is 5. The Hall–Kier alpha value is -3.96. The van der Waals surface area contributed by atoms with Crippen molar-refractivity contribution in [1.82, 2.24) is 19.9 Å². The number of alkyl halides is 3. The van der Waals surface area contributed by atoms with Crippen LogP contribution in [0.2, 0.25) is 0 Å². The van der Waals surface area contributed by atoms with E-state index in [0.717, 1.165) is 24.4 Å². The zero-order chi connectivity index (χ0) is 26.7. The summed E-state index contributed by atoms with van der Waals surface area (Å²) in [5, 5.41) is 0. The highest BCUT2D eigenvalue weighted by Crippen LogP contribution is 2.31. The largest absolute Gasteiger partial charge is 0.417 e. The number of amides is 2. The van der Waals surface area contributed by atoms with Crippen molar-refractivity contribution in [3.63, 3.8) is 0 Å². The lowest BCUT2D eigenvalue weighted by Gasteiger charge is -2.31. The second kappa shape index (κ2) is 10.6. The molecule has 7 nitrogen and oxygen atoms in total. The van der Waals surface area contributed by atoms with Gasteiger partial charge in [-0.15, -0.1) is 0 Å². The van der Waals surface area contributed by atoms with Gasteiger partial charge in [0, 0.05) is 42.8 Å². The van der Waals surface area contributed by atoms with Gasteiger partial charge in [-0.1, -0.05) is 6.07 Å². The zero-order valence-corrected chi connectivity index (χ0v) is 19.4. The number of nitrogens with zero attached hydrogens (tertiary/aromatic N) is 4. The minimum absolute atomic E-state index is 0.0626. The summed E-state index contributed by atoms with van der Waals surface area (Å²) in [4.78, 5) is 38.5. The molecule has 3 heterocycles. The number of aryl methyl sites for hydroxylation is 2. The number of benzene rings is 1. The van der Waals surface area contributed by atoms with Crippen molar-refractivity contribution in [3.8, 4) is 11.4 Å². The third-order valence-corrected chi connectivity index (χ3v) is 6.10. The number of aromatic nitrogens is 3. The minimum Gasteiger partial charge on any atom is -0.369 e. The molecule has 2 N–H and O–H groups in total. The van der Waals surface area contributed by atoms with Crippen LogP contribution in [0.3, 0.4) is 0 Å². The molecule has 194 valence electrons. The molecule has 4 rings (SSSR count). The first kappa shape index (κ1) is 26.1. The number of primary amides is 1. The predicted molar refractivity (Wildman–Crippen MR) is 122 cm³/mol. The van der Waals surface area contributed by atoms with Crippen LogP contribution in [0.25, 0.3) is 11.4 Å². The van der Waals surface area contributed by atoms with E-state index in [1.54, 1.807) is 0 Å². The van der Waals surface area contributed by atoms with Crippen LogP contribution in [0, 0.1) is 17.6 Å². The molecular formula is C25H22F5N5O2. The smallest absolute Gasteiger partial charge is 0.369 e. The third-order valence-electron chi connectivity index (χ3n) is 6.10. The van der Waals surface area contributed by atoms with Crippen LogP contribution in [0.15, 0.2) is 42.7 Å². The first-order valence-corrected chi connectivity index (χ1v) is 11.4. The zero-order valence-electron chi connectivity index (χ0n) is 19.4. The number of pyridine rings is 1. The van der Waals surface area contributed by atoms with Gasteiger partial charge in [0.2, 0.25) is 5.91 Å². The van der Waals surface area contributed by atoms with E-state index in [9.17, 15) is 31.5 Å². The van der Waals surface area contributed by atoms with Gasteiger partial charge in [-0.3, -0.25) is 14.6 Å². The number of carbonyl (C=O) groups is 2. The molecule has 2 aromatic heterocycles. The molecule has 1 fully saturated rings. The molecule has 37 heavy (non-hydrogen) atoms. The van der Waals surface area contributed by atoms with Crippen LogP contribution < -0.4 is 5.73 Å². The van der Waals surface area contributed by atoms with E-state index in [1.165, 1.54) is 17.0 Å². The van der Waals surface area contributed by atoms with Crippen LogP contribution in [0.5, 0.6) is 0 Å². The van der Waals surface area contributed by atoms with Gasteiger partial charge in [0.05, 0.1) is 11.5 Å². The highest BCUT2D eigenvalue weighted by molar-refractivity contribution is 5.93. The molecule has 0 bridgehead atoms. The maximum atomic E-state index is 14.1. The Labute approximate surface area is 208 Å². The van der Waals surface area contributed by atoms with E-state index in [1.807, 2.05) is 0 Å². The number of piperidine rings is 1. The SMILES string of the molecule is NC(=O)C1CCCN(C(=O)c2cc(CCc3ccc(F)cc3F)nc(-c3cncc(C(F)(F)F)c3)n2)C1. The molecular weight excluding hydrogens is 497 g/mol. The van der Waals surface area contributed by atoms with Crippen LogP contribution in [-0.2, 0) is 23.8 Å². The number of hydrogen-bond donors (Lipinski definition) is 1. The summed E-state index contributed by atoms with van der Waals surface area (Å²) in [5.74, 6) is -3.23. The molecule has 12 heteroatoms. The molecule has 3 aromatic rings. The third kappa shape index (κ3) is 6.25. The van der Waals surface area contributed by atoms with Gasteiger partial charge in [-0.05, 0) is 49.4 Å². The fourth-order valence-corrected chi connectivity index (χ4v) is 4.12. The number of carbonyl (C=O) groups excluding carboxylic acids is 2. The highest BCUT2D eigenvalue weighted by Gasteiger charge is 2.32. The molecule has 0 aliphatic carbocycles. The van der Waals surface area contributed by atoms with Gasteiger partial charge in [-0.25, -0.2) is 18.7 Å². The maximum Gasteiger partial charge on any atom is 0.417 e. The molecule has 0 spiro atoms. The standard InChI is InChI=1S/C25H22F5N5O2/c26-18-5-3-14(20(27)9-18)4-6-19-10-21(24(37)35-7-1-2-15(13-35)22(31)36)34-23(33-19)16-8-17(12-32-11-16)25(28,29)30/h3,5,8-12,15H,1-2,4,6-7,13H2,(H2,31,36). The normalized spacial score (nSPS) is 16.0. The lowest BCUT2D eigenvalue weighted by atomic mass is 9.97. The van der Waals surface area contributed by atoms with Crippen LogP contribution >= 0.6 is 0 Å². The summed E-state index contributed by atoms with van der Waals surface area (Å²) in [6.45, 7) is 0.442. The Morgan fingerprint density at radius 3 is 2.54 bits per heavy atom. The van der Waals surface area contributed by atoms with Crippen molar-refractivity contribution in [2.24, 2.45) is 11.7 Å². The number of likely N-dealkylation sites (tertiary alicyclic amines) is 1. The van der Waals surface area contributed by atoms with Gasteiger partial charge >= 0.3 is 6.18 Å². The molecule has 1 atom stereocenters. The molecule has 2 amide bonds. The van der Waals surface area contributed by atoms with Gasteiger partial charge in [0.25, 0.3) is 5.91 Å². The van der Waals surface area contributed by atoms with Crippen molar-refractivity contribution >= 4 is 11.8 Å². The maximum absolute atomic E-state index is 14.1. The van der Waals surface area contributed by atoms with Gasteiger partial charge < -0.3 is 10.6 Å². The van der Waals surface area contributed by atoms with Crippen molar-refractivity contribution < 1.29 is 31.5 Å². The van der Waals surface area contributed by atoms with E-state index in [4.69, 9.17) is 5.73 Å². The van der Waals surface area contributed by atoms with Gasteiger partial charge in [0.1, 0.15) is 17.3 Å². The number of nitrogens with two attached hydrogens (primary N) is 1. The minimum atomic E-state index is -4.66. The summed E-state index contributed by atoms with van der Waals surface area (Å²) in [6, 6.07) is 5.34. The van der Waals surface area contributed by atoms with Gasteiger partial charge in [0.15, 0.2) is 5.82 Å². The Balaban J connectivity index is 1.70. The topological polar surface area (TPSA) is 102 Å². The first-order valence-electron chi connectivity index (χ1n) is 11.4. The molecule has 1 aliphatic heterocycles. The average Bonchev–Trinajstić information content (AvgIpc) is 2.87. The summed E-state index contributed by atoms with van der Waals surface area (Å²) in [6.07, 6.45) is -1.58. The molecule has 1 saturated heterocycles. The first-order chi connectivity index (χ1) is 17.5. The lowest BCUT2D eigenvalue weighted by molar-refractivity contribution is -0.137. The highest BCUT2D eigenvalue weighted by atomic mass is 19.4. The van der Waals surface area contributed by atoms with E-state index >= 15 is 0 Å². The van der Waals surface area contributed by atoms with Gasteiger partial charge in [-0.2, -0.15) is 13.2 Å². The number of hydrogen-bond acceptors (Lipinski definition) is 5. The Morgan fingerprint density at radius 2 is 1.84 bits per heavy atom. The molecule has 1 unspecified atom stereocenters. The van der Waals surface area contributed by atoms with E-state index in [2.05, 4.69) is 15.0 Å². The predicted octanol–water partition coefficient (Wildman–Crippen LogP) is 3.96. The lowest BCUT2D eigenvalue weighted by Crippen LogP contribution is -2.44. The van der Waals surface area contributed by atoms with Crippen molar-refractivity contribution in [2.45, 2.75) is 31.9 Å². The van der Waals surface area contributed by atoms with Crippen LogP contribution in [-0.4, -0.2) is 44.8 Å². The average molecular weight is 519 g/mol. The van der Waals surface area contributed by atoms with Crippen molar-refractivity contribution in [1.29, 1.82) is 0 Å². The van der Waals surface area contributed by atoms with E-state index in [0.29, 0.717) is 25.6 Å². The molecule has 0 radical (unpaired) electrons. The van der Waals surface area contributed by atoms with Crippen molar-refractivity contribution in [2.75, 3.05) is 13.1 Å². The van der Waals surface area contributed by atoms with E-state index < -0.39 is 41.1 Å². The van der Waals surface area contributed by atoms with Crippen molar-refractivity contribution in [3.05, 3.63) is 76.9 Å².